The third-order valence-corrected chi connectivity index (χ3v) is 5.54. The molecule has 6 heteroatoms. The van der Waals surface area contributed by atoms with Gasteiger partial charge < -0.3 is 14.2 Å². The standard InChI is InChI=1S/C25H31N3O3/c1-20-8-10-23(11-9-20)30-16-13-28-14-17-31-25(19-28)24-18-21(27(2)26-24)12-15-29-22-6-4-3-5-7-22/h3-11,18,25H,12-17,19H2,1-2H3/t25-/m1/s1. The molecule has 0 amide bonds. The van der Waals surface area contributed by atoms with Gasteiger partial charge in [-0.2, -0.15) is 5.10 Å². The number of aromatic nitrogens is 2. The molecule has 164 valence electrons. The molecule has 1 atom stereocenters. The average molecular weight is 422 g/mol. The Morgan fingerprint density at radius 2 is 1.74 bits per heavy atom. The van der Waals surface area contributed by atoms with E-state index in [1.807, 2.05) is 54.2 Å². The predicted octanol–water partition coefficient (Wildman–Crippen LogP) is 3.80. The second-order valence-electron chi connectivity index (χ2n) is 7.92. The first-order valence-electron chi connectivity index (χ1n) is 10.9. The highest BCUT2D eigenvalue weighted by atomic mass is 16.5. The molecule has 6 nitrogen and oxygen atoms in total. The number of para-hydroxylation sites is 1. The predicted molar refractivity (Wildman–Crippen MR) is 121 cm³/mol. The van der Waals surface area contributed by atoms with Gasteiger partial charge in [0.25, 0.3) is 0 Å². The summed E-state index contributed by atoms with van der Waals surface area (Å²) in [5.41, 5.74) is 3.38. The van der Waals surface area contributed by atoms with Gasteiger partial charge in [-0.1, -0.05) is 35.9 Å². The fraction of sp³-hybridized carbons (Fsp3) is 0.400. The Labute approximate surface area is 184 Å². The summed E-state index contributed by atoms with van der Waals surface area (Å²) in [6, 6.07) is 20.2. The first kappa shape index (κ1) is 21.4. The van der Waals surface area contributed by atoms with Crippen molar-refractivity contribution in [1.82, 2.24) is 14.7 Å². The van der Waals surface area contributed by atoms with Crippen molar-refractivity contribution in [3.63, 3.8) is 0 Å². The van der Waals surface area contributed by atoms with Crippen LogP contribution >= 0.6 is 0 Å². The number of aryl methyl sites for hydroxylation is 2. The van der Waals surface area contributed by atoms with Crippen LogP contribution in [0.1, 0.15) is 23.1 Å². The lowest BCUT2D eigenvalue weighted by Gasteiger charge is -2.31. The van der Waals surface area contributed by atoms with E-state index in [-0.39, 0.29) is 6.10 Å². The van der Waals surface area contributed by atoms with E-state index in [0.717, 1.165) is 48.9 Å². The minimum atomic E-state index is -0.0110. The molecule has 2 aromatic carbocycles. The second kappa shape index (κ2) is 10.5. The molecule has 1 aromatic heterocycles. The fourth-order valence-electron chi connectivity index (χ4n) is 3.72. The highest BCUT2D eigenvalue weighted by Crippen LogP contribution is 2.22. The summed E-state index contributed by atoms with van der Waals surface area (Å²) in [6.45, 7) is 6.69. The molecule has 1 saturated heterocycles. The zero-order chi connectivity index (χ0) is 21.5. The van der Waals surface area contributed by atoms with E-state index in [1.165, 1.54) is 5.56 Å². The van der Waals surface area contributed by atoms with E-state index in [2.05, 4.69) is 30.0 Å². The van der Waals surface area contributed by atoms with Gasteiger partial charge in [0.2, 0.25) is 0 Å². The van der Waals surface area contributed by atoms with Crippen LogP contribution < -0.4 is 9.47 Å². The summed E-state index contributed by atoms with van der Waals surface area (Å²) in [7, 11) is 1.98. The third kappa shape index (κ3) is 6.09. The van der Waals surface area contributed by atoms with Crippen molar-refractivity contribution in [2.24, 2.45) is 7.05 Å². The summed E-state index contributed by atoms with van der Waals surface area (Å²) >= 11 is 0. The number of nitrogens with zero attached hydrogens (tertiary/aromatic N) is 3. The Kier molecular flexibility index (Phi) is 7.22. The summed E-state index contributed by atoms with van der Waals surface area (Å²) in [6.07, 6.45) is 0.794. The molecular weight excluding hydrogens is 390 g/mol. The molecule has 1 aliphatic rings. The van der Waals surface area contributed by atoms with Crippen LogP contribution in [0.2, 0.25) is 0 Å². The molecule has 0 spiro atoms. The highest BCUT2D eigenvalue weighted by Gasteiger charge is 2.24. The quantitative estimate of drug-likeness (QED) is 0.526. The zero-order valence-electron chi connectivity index (χ0n) is 18.4. The Hall–Kier alpha value is -2.83. The van der Waals surface area contributed by atoms with E-state index in [4.69, 9.17) is 19.3 Å². The number of hydrogen-bond donors (Lipinski definition) is 0. The lowest BCUT2D eigenvalue weighted by Crippen LogP contribution is -2.40. The lowest BCUT2D eigenvalue weighted by molar-refractivity contribution is -0.0351. The Morgan fingerprint density at radius 1 is 1.00 bits per heavy atom. The van der Waals surface area contributed by atoms with Crippen LogP contribution in [0.15, 0.2) is 60.7 Å². The highest BCUT2D eigenvalue weighted by molar-refractivity contribution is 5.26. The first-order chi connectivity index (χ1) is 15.2. The molecule has 0 unspecified atom stereocenters. The maximum Gasteiger partial charge on any atom is 0.119 e. The SMILES string of the molecule is Cc1ccc(OCCN2CCO[C@@H](c3cc(CCOc4ccccc4)n(C)n3)C2)cc1. The van der Waals surface area contributed by atoms with Crippen LogP contribution in [0.5, 0.6) is 11.5 Å². The summed E-state index contributed by atoms with van der Waals surface area (Å²) in [5.74, 6) is 1.81. The molecule has 31 heavy (non-hydrogen) atoms. The number of hydrogen-bond acceptors (Lipinski definition) is 5. The molecule has 3 aromatic rings. The van der Waals surface area contributed by atoms with E-state index >= 15 is 0 Å². The molecule has 2 heterocycles. The van der Waals surface area contributed by atoms with Gasteiger partial charge in [0.15, 0.2) is 0 Å². The summed E-state index contributed by atoms with van der Waals surface area (Å²) < 4.78 is 19.7. The van der Waals surface area contributed by atoms with Gasteiger partial charge in [-0.05, 0) is 37.3 Å². The van der Waals surface area contributed by atoms with E-state index in [1.54, 1.807) is 0 Å². The molecule has 0 radical (unpaired) electrons. The van der Waals surface area contributed by atoms with E-state index in [0.29, 0.717) is 19.8 Å². The van der Waals surface area contributed by atoms with Crippen molar-refractivity contribution in [1.29, 1.82) is 0 Å². The zero-order valence-corrected chi connectivity index (χ0v) is 18.4. The summed E-state index contributed by atoms with van der Waals surface area (Å²) in [5, 5.41) is 4.71. The van der Waals surface area contributed by atoms with Crippen LogP contribution in [0, 0.1) is 6.92 Å². The van der Waals surface area contributed by atoms with Gasteiger partial charge in [0.05, 0.1) is 18.9 Å². The van der Waals surface area contributed by atoms with Crippen LogP contribution in [-0.2, 0) is 18.2 Å². The van der Waals surface area contributed by atoms with Crippen molar-refractivity contribution in [3.8, 4) is 11.5 Å². The molecule has 4 rings (SSSR count). The van der Waals surface area contributed by atoms with E-state index in [9.17, 15) is 0 Å². The van der Waals surface area contributed by atoms with Crippen molar-refractivity contribution >= 4 is 0 Å². The van der Waals surface area contributed by atoms with Crippen LogP contribution in [0.25, 0.3) is 0 Å². The van der Waals surface area contributed by atoms with Gasteiger partial charge in [-0.25, -0.2) is 0 Å². The largest absolute Gasteiger partial charge is 0.493 e. The van der Waals surface area contributed by atoms with Crippen LogP contribution in [0.4, 0.5) is 0 Å². The van der Waals surface area contributed by atoms with Gasteiger partial charge in [-0.15, -0.1) is 0 Å². The van der Waals surface area contributed by atoms with Crippen LogP contribution in [0.3, 0.4) is 0 Å². The summed E-state index contributed by atoms with van der Waals surface area (Å²) in [4.78, 5) is 2.38. The molecule has 0 N–H and O–H groups in total. The number of rotatable bonds is 9. The third-order valence-electron chi connectivity index (χ3n) is 5.54. The second-order valence-corrected chi connectivity index (χ2v) is 7.92. The smallest absolute Gasteiger partial charge is 0.119 e. The average Bonchev–Trinajstić information content (AvgIpc) is 3.17. The van der Waals surface area contributed by atoms with E-state index < -0.39 is 0 Å². The Balaban J connectivity index is 1.25. The maximum absolute atomic E-state index is 6.02. The van der Waals surface area contributed by atoms with Crippen molar-refractivity contribution in [2.45, 2.75) is 19.4 Å². The first-order valence-corrected chi connectivity index (χ1v) is 10.9. The molecule has 1 fully saturated rings. The van der Waals surface area contributed by atoms with Crippen molar-refractivity contribution < 1.29 is 14.2 Å². The fourth-order valence-corrected chi connectivity index (χ4v) is 3.72. The van der Waals surface area contributed by atoms with Gasteiger partial charge in [0, 0.05) is 38.8 Å². The minimum absolute atomic E-state index is 0.0110. The molecule has 0 aliphatic carbocycles. The van der Waals surface area contributed by atoms with Crippen molar-refractivity contribution in [3.05, 3.63) is 77.6 Å². The van der Waals surface area contributed by atoms with Crippen molar-refractivity contribution in [2.75, 3.05) is 39.5 Å². The lowest BCUT2D eigenvalue weighted by atomic mass is 10.2. The van der Waals surface area contributed by atoms with Gasteiger partial charge in [-0.3, -0.25) is 9.58 Å². The Bertz CT molecular complexity index is 940. The molecular formula is C25H31N3O3. The van der Waals surface area contributed by atoms with Gasteiger partial charge in [0.1, 0.15) is 24.2 Å². The number of ether oxygens (including phenoxy) is 3. The molecule has 1 aliphatic heterocycles. The number of benzene rings is 2. The maximum atomic E-state index is 6.02. The Morgan fingerprint density at radius 3 is 2.55 bits per heavy atom. The minimum Gasteiger partial charge on any atom is -0.493 e. The topological polar surface area (TPSA) is 48.8 Å². The number of morpholine rings is 1. The monoisotopic (exact) mass is 421 g/mol. The molecule has 0 saturated carbocycles. The molecule has 0 bridgehead atoms. The van der Waals surface area contributed by atoms with Gasteiger partial charge >= 0.3 is 0 Å². The van der Waals surface area contributed by atoms with Crippen LogP contribution in [-0.4, -0.2) is 54.1 Å². The normalized spacial score (nSPS) is 16.9.